The fraction of sp³-hybridized carbons (Fsp3) is 0.432. The van der Waals surface area contributed by atoms with Gasteiger partial charge in [0.2, 0.25) is 18.5 Å². The number of aromatic nitrogens is 2. The minimum absolute atomic E-state index is 0.0671. The Balaban J connectivity index is 0.914. The maximum absolute atomic E-state index is 14.1. The average molecular weight is 747 g/mol. The summed E-state index contributed by atoms with van der Waals surface area (Å²) < 4.78 is 30.6. The van der Waals surface area contributed by atoms with Gasteiger partial charge in [-0.15, -0.1) is 0 Å². The molecule has 8 rings (SSSR count). The first-order valence-corrected chi connectivity index (χ1v) is 19.6. The number of hydrogen-bond donors (Lipinski definition) is 0. The van der Waals surface area contributed by atoms with Crippen LogP contribution in [0.4, 0.5) is 0 Å². The number of ether oxygens (including phenoxy) is 4. The molecule has 3 aliphatic heterocycles. The summed E-state index contributed by atoms with van der Waals surface area (Å²) >= 11 is 0. The Morgan fingerprint density at radius 2 is 1.78 bits per heavy atom. The van der Waals surface area contributed by atoms with E-state index >= 15 is 0 Å². The molecule has 2 saturated heterocycles. The summed E-state index contributed by atoms with van der Waals surface area (Å²) in [5.74, 6) is 3.72. The van der Waals surface area contributed by atoms with Gasteiger partial charge in [0.15, 0.2) is 17.3 Å². The molecule has 288 valence electrons. The monoisotopic (exact) mass is 746 g/mol. The van der Waals surface area contributed by atoms with E-state index in [9.17, 15) is 9.59 Å². The van der Waals surface area contributed by atoms with Gasteiger partial charge >= 0.3 is 0 Å². The Kier molecular flexibility index (Phi) is 10.9. The molecular formula is C44H50N4O7. The van der Waals surface area contributed by atoms with E-state index in [1.807, 2.05) is 90.0 Å². The van der Waals surface area contributed by atoms with Gasteiger partial charge in [0, 0.05) is 31.0 Å². The molecule has 3 aromatic carbocycles. The topological polar surface area (TPSA) is 109 Å². The molecule has 2 fully saturated rings. The van der Waals surface area contributed by atoms with Crippen molar-refractivity contribution in [3.63, 3.8) is 0 Å². The number of hydrogen-bond acceptors (Lipinski definition) is 9. The van der Waals surface area contributed by atoms with Crippen LogP contribution < -0.4 is 14.2 Å². The molecule has 2 aromatic heterocycles. The van der Waals surface area contributed by atoms with E-state index in [0.717, 1.165) is 84.9 Å². The second kappa shape index (κ2) is 16.3. The zero-order valence-corrected chi connectivity index (χ0v) is 31.8. The van der Waals surface area contributed by atoms with E-state index in [0.29, 0.717) is 45.1 Å². The number of Topliss-reactive ketones (excluding diaryl/α,β-unsaturated/α-hetero) is 1. The van der Waals surface area contributed by atoms with Crippen molar-refractivity contribution >= 4 is 22.7 Å². The summed E-state index contributed by atoms with van der Waals surface area (Å²) in [5.41, 5.74) is 3.67. The molecular weight excluding hydrogens is 697 g/mol. The highest BCUT2D eigenvalue weighted by Gasteiger charge is 2.42. The maximum atomic E-state index is 14.1. The summed E-state index contributed by atoms with van der Waals surface area (Å²) in [6.45, 7) is 9.45. The Hall–Kier alpha value is -5.13. The van der Waals surface area contributed by atoms with Crippen LogP contribution in [0.1, 0.15) is 67.0 Å². The zero-order valence-electron chi connectivity index (χ0n) is 31.8. The first-order valence-electron chi connectivity index (χ1n) is 19.6. The summed E-state index contributed by atoms with van der Waals surface area (Å²) in [6.07, 6.45) is 5.35. The molecule has 3 aliphatic rings. The molecule has 11 heteroatoms. The van der Waals surface area contributed by atoms with Crippen molar-refractivity contribution in [2.24, 2.45) is 5.92 Å². The van der Waals surface area contributed by atoms with Crippen molar-refractivity contribution in [2.45, 2.75) is 70.6 Å². The summed E-state index contributed by atoms with van der Waals surface area (Å²) in [7, 11) is 0. The lowest BCUT2D eigenvalue weighted by molar-refractivity contribution is -0.129. The number of ketones is 1. The number of imidazole rings is 1. The first-order chi connectivity index (χ1) is 26.8. The normalized spacial score (nSPS) is 18.8. The fourth-order valence-electron chi connectivity index (χ4n) is 8.37. The van der Waals surface area contributed by atoms with Crippen LogP contribution in [0.25, 0.3) is 11.0 Å². The molecule has 0 saturated carbocycles. The van der Waals surface area contributed by atoms with Gasteiger partial charge in [-0.25, -0.2) is 4.98 Å². The van der Waals surface area contributed by atoms with Crippen LogP contribution in [-0.4, -0.2) is 83.3 Å². The lowest BCUT2D eigenvalue weighted by Crippen LogP contribution is -2.41. The average Bonchev–Trinajstić information content (AvgIpc) is 4.02. The second-order valence-corrected chi connectivity index (χ2v) is 15.3. The third-order valence-corrected chi connectivity index (χ3v) is 11.3. The first kappa shape index (κ1) is 36.8. The number of para-hydroxylation sites is 2. The molecule has 0 spiro atoms. The van der Waals surface area contributed by atoms with E-state index in [1.54, 1.807) is 6.26 Å². The van der Waals surface area contributed by atoms with Crippen LogP contribution in [-0.2, 0) is 34.5 Å². The van der Waals surface area contributed by atoms with E-state index in [-0.39, 0.29) is 35.9 Å². The second-order valence-electron chi connectivity index (χ2n) is 15.3. The Labute approximate surface area is 322 Å². The summed E-state index contributed by atoms with van der Waals surface area (Å²) in [6, 6.07) is 25.8. The van der Waals surface area contributed by atoms with Crippen LogP contribution in [0.3, 0.4) is 0 Å². The van der Waals surface area contributed by atoms with Gasteiger partial charge in [0.1, 0.15) is 18.1 Å². The number of carbonyl (C=O) groups is 2. The number of nitrogens with zero attached hydrogens (tertiary/aromatic N) is 4. The van der Waals surface area contributed by atoms with Gasteiger partial charge < -0.3 is 37.7 Å². The number of amides is 1. The summed E-state index contributed by atoms with van der Waals surface area (Å²) in [4.78, 5) is 37.2. The molecule has 0 bridgehead atoms. The van der Waals surface area contributed by atoms with Crippen molar-refractivity contribution in [3.8, 4) is 17.2 Å². The molecule has 11 nitrogen and oxygen atoms in total. The number of fused-ring (bicyclic) bond motifs is 2. The van der Waals surface area contributed by atoms with Gasteiger partial charge in [-0.2, -0.15) is 0 Å². The molecule has 0 radical (unpaired) electrons. The molecule has 1 amide bonds. The number of carbonyl (C=O) groups excluding carboxylic acids is 2. The molecule has 1 unspecified atom stereocenters. The molecule has 0 N–H and O–H groups in total. The number of furan rings is 1. The van der Waals surface area contributed by atoms with Crippen molar-refractivity contribution in [3.05, 3.63) is 108 Å². The molecule has 0 aliphatic carbocycles. The minimum atomic E-state index is -0.226. The SMILES string of the molecule is CC(C)Oc1cccc(CC(=O)N2CCC(CCN3CCC(C(=O)c4nc5ccccc5n4CCOCc4ccco4)CC3)(c3ccc4c(c3)OCO4)C2)c1. The van der Waals surface area contributed by atoms with Crippen LogP contribution in [0.5, 0.6) is 17.2 Å². The number of likely N-dealkylation sites (tertiary alicyclic amines) is 2. The van der Waals surface area contributed by atoms with Crippen LogP contribution in [0.2, 0.25) is 0 Å². The molecule has 55 heavy (non-hydrogen) atoms. The van der Waals surface area contributed by atoms with E-state index in [2.05, 4.69) is 17.0 Å². The molecule has 5 heterocycles. The third-order valence-electron chi connectivity index (χ3n) is 11.3. The smallest absolute Gasteiger partial charge is 0.231 e. The number of piperidine rings is 1. The highest BCUT2D eigenvalue weighted by Crippen LogP contribution is 2.43. The largest absolute Gasteiger partial charge is 0.491 e. The van der Waals surface area contributed by atoms with Crippen molar-refractivity contribution in [1.29, 1.82) is 0 Å². The zero-order chi connectivity index (χ0) is 37.8. The van der Waals surface area contributed by atoms with Crippen molar-refractivity contribution in [2.75, 3.05) is 46.1 Å². The van der Waals surface area contributed by atoms with E-state index < -0.39 is 0 Å². The predicted octanol–water partition coefficient (Wildman–Crippen LogP) is 7.06. The number of rotatable bonds is 15. The Bertz CT molecular complexity index is 2100. The maximum Gasteiger partial charge on any atom is 0.231 e. The van der Waals surface area contributed by atoms with Crippen LogP contribution in [0.15, 0.2) is 89.5 Å². The van der Waals surface area contributed by atoms with Crippen molar-refractivity contribution < 1.29 is 33.0 Å². The van der Waals surface area contributed by atoms with Gasteiger partial charge in [0.05, 0.1) is 36.4 Å². The highest BCUT2D eigenvalue weighted by atomic mass is 16.7. The van der Waals surface area contributed by atoms with Crippen LogP contribution in [0, 0.1) is 5.92 Å². The van der Waals surface area contributed by atoms with Gasteiger partial charge in [-0.1, -0.05) is 30.3 Å². The lowest BCUT2D eigenvalue weighted by atomic mass is 9.76. The lowest BCUT2D eigenvalue weighted by Gasteiger charge is -2.36. The Morgan fingerprint density at radius 3 is 2.62 bits per heavy atom. The summed E-state index contributed by atoms with van der Waals surface area (Å²) in [5, 5.41) is 0. The highest BCUT2D eigenvalue weighted by molar-refractivity contribution is 5.98. The third kappa shape index (κ3) is 8.28. The quantitative estimate of drug-likeness (QED) is 0.0822. The number of benzene rings is 3. The molecule has 1 atom stereocenters. The fourth-order valence-corrected chi connectivity index (χ4v) is 8.37. The van der Waals surface area contributed by atoms with E-state index in [1.165, 1.54) is 5.56 Å². The van der Waals surface area contributed by atoms with E-state index in [4.69, 9.17) is 28.3 Å². The van der Waals surface area contributed by atoms with Gasteiger partial charge in [0.25, 0.3) is 0 Å². The van der Waals surface area contributed by atoms with Crippen LogP contribution >= 0.6 is 0 Å². The predicted molar refractivity (Wildman–Crippen MR) is 208 cm³/mol. The van der Waals surface area contributed by atoms with Crippen molar-refractivity contribution in [1.82, 2.24) is 19.4 Å². The van der Waals surface area contributed by atoms with Gasteiger partial charge in [-0.3, -0.25) is 9.59 Å². The standard InChI is InChI=1S/C44H50N4O7/c1-31(2)55-35-8-5-7-32(25-35)26-41(49)47-21-17-44(29-47,34-12-13-39-40(27-34)54-30-53-39)16-20-46-18-14-33(15-19-46)42(50)43-45-37-10-3-4-11-38(37)48(43)22-24-51-28-36-9-6-23-52-36/h3-13,23,25,27,31,33H,14-22,24,26,28-30H2,1-2H3. The van der Waals surface area contributed by atoms with Gasteiger partial charge in [-0.05, 0) is 119 Å². The molecule has 5 aromatic rings. The minimum Gasteiger partial charge on any atom is -0.491 e. The Morgan fingerprint density at radius 1 is 0.927 bits per heavy atom.